The number of hydrogen-bond acceptors (Lipinski definition) is 4. The third-order valence-corrected chi connectivity index (χ3v) is 7.58. The molecule has 1 N–H and O–H groups in total. The van der Waals surface area contributed by atoms with Crippen molar-refractivity contribution in [1.82, 2.24) is 5.32 Å². The molecule has 0 atom stereocenters. The van der Waals surface area contributed by atoms with E-state index in [0.717, 1.165) is 31.3 Å². The third kappa shape index (κ3) is 4.85. The average Bonchev–Trinajstić information content (AvgIpc) is 2.89. The van der Waals surface area contributed by atoms with Crippen LogP contribution in [0.25, 0.3) is 16.8 Å². The highest BCUT2D eigenvalue weighted by molar-refractivity contribution is 9.10. The highest BCUT2D eigenvalue weighted by Crippen LogP contribution is 2.33. The molecule has 0 saturated carbocycles. The molecule has 0 radical (unpaired) electrons. The van der Waals surface area contributed by atoms with Crippen molar-refractivity contribution in [2.75, 3.05) is 4.90 Å². The Bertz CT molecular complexity index is 1660. The normalized spacial score (nSPS) is 14.8. The molecule has 1 fully saturated rings. The Morgan fingerprint density at radius 2 is 1.66 bits per heavy atom. The zero-order valence-corrected chi connectivity index (χ0v) is 22.8. The molecule has 38 heavy (non-hydrogen) atoms. The van der Waals surface area contributed by atoms with Crippen LogP contribution in [0.4, 0.5) is 10.5 Å². The van der Waals surface area contributed by atoms with Crippen LogP contribution in [0.5, 0.6) is 5.75 Å². The molecule has 1 saturated heterocycles. The first-order valence-corrected chi connectivity index (χ1v) is 12.9. The Kier molecular flexibility index (Phi) is 6.87. The number of fused-ring (bicyclic) bond motifs is 1. The van der Waals surface area contributed by atoms with Crippen molar-refractivity contribution in [2.24, 2.45) is 0 Å². The molecular weight excluding hydrogens is 544 g/mol. The zero-order valence-electron chi connectivity index (χ0n) is 21.2. The van der Waals surface area contributed by atoms with Gasteiger partial charge in [-0.25, -0.2) is 9.69 Å². The van der Waals surface area contributed by atoms with Crippen molar-refractivity contribution in [3.05, 3.63) is 111 Å². The summed E-state index contributed by atoms with van der Waals surface area (Å²) in [5.41, 5.74) is 5.03. The number of aryl methyl sites for hydroxylation is 3. The smallest absolute Gasteiger partial charge is 0.335 e. The van der Waals surface area contributed by atoms with Crippen LogP contribution < -0.4 is 15.0 Å². The van der Waals surface area contributed by atoms with E-state index in [1.807, 2.05) is 49.4 Å². The lowest BCUT2D eigenvalue weighted by Gasteiger charge is -2.27. The van der Waals surface area contributed by atoms with Gasteiger partial charge in [0.15, 0.2) is 0 Å². The summed E-state index contributed by atoms with van der Waals surface area (Å²) in [5, 5.41) is 4.06. The molecule has 5 rings (SSSR count). The fourth-order valence-electron chi connectivity index (χ4n) is 4.41. The fraction of sp³-hybridized carbons (Fsp3) is 0.129. The van der Waals surface area contributed by atoms with E-state index in [4.69, 9.17) is 4.74 Å². The maximum atomic E-state index is 13.6. The number of hydrogen-bond donors (Lipinski definition) is 1. The standard InChI is InChI=1S/C31H25BrN2O4/c1-18-8-9-21(14-19(18)2)17-38-28-13-10-22-6-4-5-7-24(22)25(28)16-26-29(35)33-31(37)34(30(26)36)23-11-12-27(32)20(3)15-23/h4-16H,17H2,1-3H3,(H,33,35,37)/b26-16-. The second-order valence-electron chi connectivity index (χ2n) is 9.30. The van der Waals surface area contributed by atoms with E-state index >= 15 is 0 Å². The Labute approximate surface area is 229 Å². The molecule has 0 aliphatic carbocycles. The monoisotopic (exact) mass is 568 g/mol. The number of nitrogens with zero attached hydrogens (tertiary/aromatic N) is 1. The molecule has 190 valence electrons. The number of carbonyl (C=O) groups is 3. The summed E-state index contributed by atoms with van der Waals surface area (Å²) in [6.07, 6.45) is 1.51. The van der Waals surface area contributed by atoms with Crippen LogP contribution in [0, 0.1) is 20.8 Å². The number of urea groups is 1. The van der Waals surface area contributed by atoms with Gasteiger partial charge in [-0.2, -0.15) is 0 Å². The molecule has 0 bridgehead atoms. The lowest BCUT2D eigenvalue weighted by Crippen LogP contribution is -2.54. The maximum Gasteiger partial charge on any atom is 0.335 e. The van der Waals surface area contributed by atoms with Gasteiger partial charge in [0.05, 0.1) is 5.69 Å². The Morgan fingerprint density at radius 1 is 0.868 bits per heavy atom. The molecule has 0 unspecified atom stereocenters. The van der Waals surface area contributed by atoms with Crippen LogP contribution >= 0.6 is 15.9 Å². The topological polar surface area (TPSA) is 75.7 Å². The van der Waals surface area contributed by atoms with E-state index in [1.165, 1.54) is 17.2 Å². The summed E-state index contributed by atoms with van der Waals surface area (Å²) in [5.74, 6) is -0.926. The third-order valence-electron chi connectivity index (χ3n) is 6.69. The summed E-state index contributed by atoms with van der Waals surface area (Å²) < 4.78 is 7.07. The van der Waals surface area contributed by atoms with Gasteiger partial charge in [0.1, 0.15) is 17.9 Å². The van der Waals surface area contributed by atoms with Crippen LogP contribution in [0.1, 0.15) is 27.8 Å². The first-order valence-electron chi connectivity index (χ1n) is 12.1. The van der Waals surface area contributed by atoms with E-state index in [1.54, 1.807) is 18.2 Å². The van der Waals surface area contributed by atoms with Gasteiger partial charge < -0.3 is 4.74 Å². The fourth-order valence-corrected chi connectivity index (χ4v) is 4.66. The SMILES string of the molecule is Cc1ccc(COc2ccc3ccccc3c2/C=C2/C(=O)NC(=O)N(c3ccc(Br)c(C)c3)C2=O)cc1C. The Hall–Kier alpha value is -4.23. The van der Waals surface area contributed by atoms with Crippen molar-refractivity contribution in [2.45, 2.75) is 27.4 Å². The number of barbiturate groups is 1. The van der Waals surface area contributed by atoms with Crippen LogP contribution in [0.2, 0.25) is 0 Å². The quantitative estimate of drug-likeness (QED) is 0.213. The summed E-state index contributed by atoms with van der Waals surface area (Å²) in [4.78, 5) is 40.2. The largest absolute Gasteiger partial charge is 0.488 e. The van der Waals surface area contributed by atoms with E-state index in [0.29, 0.717) is 23.6 Å². The van der Waals surface area contributed by atoms with Crippen molar-refractivity contribution >= 4 is 56.3 Å². The number of nitrogens with one attached hydrogen (secondary N) is 1. The highest BCUT2D eigenvalue weighted by atomic mass is 79.9. The summed E-state index contributed by atoms with van der Waals surface area (Å²) in [6, 6.07) is 21.9. The number of amides is 4. The Morgan fingerprint density at radius 3 is 2.42 bits per heavy atom. The molecule has 4 aromatic carbocycles. The van der Waals surface area contributed by atoms with Gasteiger partial charge in [-0.3, -0.25) is 14.9 Å². The predicted molar refractivity (Wildman–Crippen MR) is 152 cm³/mol. The molecule has 7 heteroatoms. The molecule has 0 aromatic heterocycles. The van der Waals surface area contributed by atoms with Crippen molar-refractivity contribution < 1.29 is 19.1 Å². The first kappa shape index (κ1) is 25.4. The average molecular weight is 569 g/mol. The molecular formula is C31H25BrN2O4. The van der Waals surface area contributed by atoms with E-state index in [9.17, 15) is 14.4 Å². The lowest BCUT2D eigenvalue weighted by molar-refractivity contribution is -0.122. The molecule has 1 aliphatic heterocycles. The minimum atomic E-state index is -0.789. The molecule has 4 amide bonds. The van der Waals surface area contributed by atoms with E-state index in [-0.39, 0.29) is 5.57 Å². The summed E-state index contributed by atoms with van der Waals surface area (Å²) in [6.45, 7) is 6.29. The van der Waals surface area contributed by atoms with Crippen molar-refractivity contribution in [1.29, 1.82) is 0 Å². The molecule has 1 heterocycles. The molecule has 1 aliphatic rings. The van der Waals surface area contributed by atoms with E-state index in [2.05, 4.69) is 47.2 Å². The van der Waals surface area contributed by atoms with Crippen molar-refractivity contribution in [3.8, 4) is 5.75 Å². The maximum absolute atomic E-state index is 13.6. The van der Waals surface area contributed by atoms with E-state index < -0.39 is 17.8 Å². The number of anilines is 1. The minimum absolute atomic E-state index is 0.155. The van der Waals surface area contributed by atoms with Crippen LogP contribution in [-0.4, -0.2) is 17.8 Å². The van der Waals surface area contributed by atoms with Gasteiger partial charge in [-0.1, -0.05) is 64.5 Å². The van der Waals surface area contributed by atoms with Gasteiger partial charge in [-0.15, -0.1) is 0 Å². The summed E-state index contributed by atoms with van der Waals surface area (Å²) in [7, 11) is 0. The summed E-state index contributed by atoms with van der Waals surface area (Å²) >= 11 is 3.44. The number of carbonyl (C=O) groups excluding carboxylic acids is 3. The van der Waals surface area contributed by atoms with Gasteiger partial charge >= 0.3 is 6.03 Å². The molecule has 4 aromatic rings. The Balaban J connectivity index is 1.57. The number of ether oxygens (including phenoxy) is 1. The van der Waals surface area contributed by atoms with Gasteiger partial charge in [-0.05, 0) is 84.1 Å². The second kappa shape index (κ2) is 10.3. The molecule has 0 spiro atoms. The molecule has 6 nitrogen and oxygen atoms in total. The second-order valence-corrected chi connectivity index (χ2v) is 10.2. The van der Waals surface area contributed by atoms with Crippen LogP contribution in [-0.2, 0) is 16.2 Å². The number of imide groups is 2. The lowest BCUT2D eigenvalue weighted by atomic mass is 9.99. The first-order chi connectivity index (χ1) is 18.2. The number of rotatable bonds is 5. The predicted octanol–water partition coefficient (Wildman–Crippen LogP) is 6.77. The van der Waals surface area contributed by atoms with Gasteiger partial charge in [0.25, 0.3) is 11.8 Å². The number of halogens is 1. The van der Waals surface area contributed by atoms with Crippen molar-refractivity contribution in [3.63, 3.8) is 0 Å². The highest BCUT2D eigenvalue weighted by Gasteiger charge is 2.37. The van der Waals surface area contributed by atoms with Crippen LogP contribution in [0.15, 0.2) is 82.8 Å². The van der Waals surface area contributed by atoms with Crippen LogP contribution in [0.3, 0.4) is 0 Å². The minimum Gasteiger partial charge on any atom is -0.488 e. The van der Waals surface area contributed by atoms with Gasteiger partial charge in [0, 0.05) is 10.0 Å². The zero-order chi connectivity index (χ0) is 27.0. The van der Waals surface area contributed by atoms with Gasteiger partial charge in [0.2, 0.25) is 0 Å². The number of benzene rings is 4.